The Morgan fingerprint density at radius 3 is 2.65 bits per heavy atom. The number of nitrogens with one attached hydrogen (secondary N) is 1. The van der Waals surface area contributed by atoms with E-state index in [9.17, 15) is 22.4 Å². The van der Waals surface area contributed by atoms with Gasteiger partial charge in [-0.3, -0.25) is 14.5 Å². The third kappa shape index (κ3) is 3.55. The topological polar surface area (TPSA) is 90.5 Å². The van der Waals surface area contributed by atoms with Gasteiger partial charge in [0.1, 0.15) is 0 Å². The zero-order valence-electron chi connectivity index (χ0n) is 16.3. The van der Waals surface area contributed by atoms with Gasteiger partial charge in [0.2, 0.25) is 5.82 Å². The van der Waals surface area contributed by atoms with E-state index >= 15 is 0 Å². The smallest absolute Gasteiger partial charge is 0.341 e. The lowest BCUT2D eigenvalue weighted by Crippen LogP contribution is -2.29. The van der Waals surface area contributed by atoms with E-state index in [1.165, 1.54) is 13.2 Å². The predicted octanol–water partition coefficient (Wildman–Crippen LogP) is 2.98. The van der Waals surface area contributed by atoms with Crippen LogP contribution in [0.2, 0.25) is 0 Å². The zero-order chi connectivity index (χ0) is 21.9. The number of carbonyl (C=O) groups is 1. The summed E-state index contributed by atoms with van der Waals surface area (Å²) in [7, 11) is 1.22. The molecule has 1 atom stereocenters. The molecule has 3 aromatic rings. The summed E-state index contributed by atoms with van der Waals surface area (Å²) in [6, 6.07) is 2.90. The van der Waals surface area contributed by atoms with Crippen molar-refractivity contribution in [2.75, 3.05) is 0 Å². The van der Waals surface area contributed by atoms with Crippen LogP contribution in [-0.4, -0.2) is 35.4 Å². The third-order valence-electron chi connectivity index (χ3n) is 5.47. The molecule has 3 aromatic heterocycles. The molecule has 1 aliphatic heterocycles. The molecule has 162 valence electrons. The first-order chi connectivity index (χ1) is 14.7. The lowest BCUT2D eigenvalue weighted by atomic mass is 10.1. The molecule has 1 aliphatic carbocycles. The predicted molar refractivity (Wildman–Crippen MR) is 98.2 cm³/mol. The minimum absolute atomic E-state index is 0.340. The van der Waals surface area contributed by atoms with Crippen LogP contribution in [0.5, 0.6) is 0 Å². The van der Waals surface area contributed by atoms with Crippen LogP contribution in [0, 0.1) is 5.82 Å². The summed E-state index contributed by atoms with van der Waals surface area (Å²) in [5, 5.41) is 10.4. The summed E-state index contributed by atoms with van der Waals surface area (Å²) in [5.74, 6) is -2.73. The van der Waals surface area contributed by atoms with Crippen molar-refractivity contribution in [3.63, 3.8) is 0 Å². The SMILES string of the molecule is Cn1nc(C(F)(F)F)nc1C(=O)N[C@@H]1CCn2nc(-c3cc(C4CC4)ncc3F)cc21. The van der Waals surface area contributed by atoms with Crippen LogP contribution in [-0.2, 0) is 19.8 Å². The van der Waals surface area contributed by atoms with Crippen molar-refractivity contribution in [2.24, 2.45) is 7.05 Å². The molecule has 5 rings (SSSR count). The molecule has 0 saturated heterocycles. The first-order valence-electron chi connectivity index (χ1n) is 9.73. The number of amides is 1. The second kappa shape index (κ2) is 6.86. The highest BCUT2D eigenvalue weighted by molar-refractivity contribution is 5.91. The van der Waals surface area contributed by atoms with E-state index in [-0.39, 0.29) is 0 Å². The molecule has 4 heterocycles. The summed E-state index contributed by atoms with van der Waals surface area (Å²) < 4.78 is 55.3. The average molecular weight is 435 g/mol. The van der Waals surface area contributed by atoms with Crippen molar-refractivity contribution in [3.8, 4) is 11.3 Å². The Kier molecular flexibility index (Phi) is 4.34. The van der Waals surface area contributed by atoms with Crippen LogP contribution < -0.4 is 5.32 Å². The molecule has 0 aromatic carbocycles. The van der Waals surface area contributed by atoms with Crippen molar-refractivity contribution < 1.29 is 22.4 Å². The largest absolute Gasteiger partial charge is 0.453 e. The van der Waals surface area contributed by atoms with Gasteiger partial charge in [-0.25, -0.2) is 9.07 Å². The van der Waals surface area contributed by atoms with Crippen LogP contribution >= 0.6 is 0 Å². The standard InChI is InChI=1S/C19H17F4N7O/c1-29-16(26-18(28-29)19(21,22)23)17(31)25-12-4-5-30-15(12)7-14(27-30)10-6-13(9-2-3-9)24-8-11(10)20/h6-9,12H,2-5H2,1H3,(H,25,31)/t12-/m1/s1. The Hall–Kier alpha value is -3.31. The molecule has 0 spiro atoms. The number of halogens is 4. The maximum Gasteiger partial charge on any atom is 0.453 e. The van der Waals surface area contributed by atoms with Gasteiger partial charge < -0.3 is 5.32 Å². The number of pyridine rings is 1. The lowest BCUT2D eigenvalue weighted by molar-refractivity contribution is -0.144. The van der Waals surface area contributed by atoms with Gasteiger partial charge in [-0.15, -0.1) is 5.10 Å². The van der Waals surface area contributed by atoms with Crippen LogP contribution in [0.4, 0.5) is 17.6 Å². The molecule has 1 N–H and O–H groups in total. The number of nitrogens with zero attached hydrogens (tertiary/aromatic N) is 6. The summed E-state index contributed by atoms with van der Waals surface area (Å²) in [5.41, 5.74) is 2.24. The van der Waals surface area contributed by atoms with Gasteiger partial charge in [0, 0.05) is 30.8 Å². The molecular formula is C19H17F4N7O. The minimum Gasteiger partial charge on any atom is -0.341 e. The Morgan fingerprint density at radius 2 is 1.97 bits per heavy atom. The molecule has 1 fully saturated rings. The van der Waals surface area contributed by atoms with Crippen LogP contribution in [0.1, 0.15) is 59.1 Å². The summed E-state index contributed by atoms with van der Waals surface area (Å²) >= 11 is 0. The van der Waals surface area contributed by atoms with E-state index in [2.05, 4.69) is 25.5 Å². The number of aromatic nitrogens is 6. The van der Waals surface area contributed by atoms with Crippen molar-refractivity contribution >= 4 is 5.91 Å². The maximum absolute atomic E-state index is 14.4. The normalized spacial score (nSPS) is 18.3. The second-order valence-corrected chi connectivity index (χ2v) is 7.74. The Bertz CT molecular complexity index is 1180. The molecule has 31 heavy (non-hydrogen) atoms. The quantitative estimate of drug-likeness (QED) is 0.637. The minimum atomic E-state index is -4.74. The van der Waals surface area contributed by atoms with Gasteiger partial charge in [0.15, 0.2) is 5.82 Å². The molecular weight excluding hydrogens is 418 g/mol. The highest BCUT2D eigenvalue weighted by Crippen LogP contribution is 2.40. The zero-order valence-corrected chi connectivity index (χ0v) is 16.3. The fourth-order valence-electron chi connectivity index (χ4n) is 3.75. The number of fused-ring (bicyclic) bond motifs is 1. The number of hydrogen-bond donors (Lipinski definition) is 1. The Balaban J connectivity index is 1.38. The Labute approximate surface area is 173 Å². The summed E-state index contributed by atoms with van der Waals surface area (Å²) in [4.78, 5) is 20.0. The van der Waals surface area contributed by atoms with Gasteiger partial charge in [0.25, 0.3) is 11.7 Å². The average Bonchev–Trinajstić information content (AvgIpc) is 3.18. The summed E-state index contributed by atoms with van der Waals surface area (Å²) in [6.45, 7) is 0.481. The van der Waals surface area contributed by atoms with E-state index in [0.717, 1.165) is 23.2 Å². The highest BCUT2D eigenvalue weighted by atomic mass is 19.4. The number of aryl methyl sites for hydroxylation is 2. The molecule has 0 bridgehead atoms. The van der Waals surface area contributed by atoms with E-state index in [4.69, 9.17) is 0 Å². The highest BCUT2D eigenvalue weighted by Gasteiger charge is 2.38. The molecule has 12 heteroatoms. The number of hydrogen-bond acceptors (Lipinski definition) is 5. The molecule has 2 aliphatic rings. The molecule has 1 saturated carbocycles. The molecule has 0 unspecified atom stereocenters. The van der Waals surface area contributed by atoms with Crippen molar-refractivity contribution in [3.05, 3.63) is 47.2 Å². The molecule has 8 nitrogen and oxygen atoms in total. The summed E-state index contributed by atoms with van der Waals surface area (Å²) in [6.07, 6.45) is -0.984. The van der Waals surface area contributed by atoms with E-state index < -0.39 is 35.6 Å². The van der Waals surface area contributed by atoms with E-state index in [0.29, 0.717) is 35.8 Å². The van der Waals surface area contributed by atoms with Crippen LogP contribution in [0.15, 0.2) is 18.3 Å². The van der Waals surface area contributed by atoms with Crippen molar-refractivity contribution in [1.82, 2.24) is 34.8 Å². The molecule has 0 radical (unpaired) electrons. The van der Waals surface area contributed by atoms with Crippen LogP contribution in [0.25, 0.3) is 11.3 Å². The first-order valence-corrected chi connectivity index (χ1v) is 9.73. The van der Waals surface area contributed by atoms with Crippen molar-refractivity contribution in [1.29, 1.82) is 0 Å². The monoisotopic (exact) mass is 435 g/mol. The van der Waals surface area contributed by atoms with Crippen LogP contribution in [0.3, 0.4) is 0 Å². The van der Waals surface area contributed by atoms with Gasteiger partial charge in [0.05, 0.1) is 23.6 Å². The number of rotatable bonds is 4. The fraction of sp³-hybridized carbons (Fsp3) is 0.421. The number of carbonyl (C=O) groups excluding carboxylic acids is 1. The first kappa shape index (κ1) is 19.6. The van der Waals surface area contributed by atoms with E-state index in [1.807, 2.05) is 0 Å². The second-order valence-electron chi connectivity index (χ2n) is 7.74. The fourth-order valence-corrected chi connectivity index (χ4v) is 3.75. The maximum atomic E-state index is 14.4. The van der Waals surface area contributed by atoms with Gasteiger partial charge in [-0.1, -0.05) is 0 Å². The number of alkyl halides is 3. The van der Waals surface area contributed by atoms with E-state index in [1.54, 1.807) is 16.8 Å². The lowest BCUT2D eigenvalue weighted by Gasteiger charge is -2.11. The van der Waals surface area contributed by atoms with Crippen molar-refractivity contribution in [2.45, 2.75) is 43.9 Å². The van der Waals surface area contributed by atoms with Gasteiger partial charge in [-0.05, 0) is 31.4 Å². The molecule has 1 amide bonds. The third-order valence-corrected chi connectivity index (χ3v) is 5.47. The van der Waals surface area contributed by atoms with Gasteiger partial charge >= 0.3 is 6.18 Å². The Morgan fingerprint density at radius 1 is 1.19 bits per heavy atom. The van der Waals surface area contributed by atoms with Gasteiger partial charge in [-0.2, -0.15) is 23.3 Å².